The Kier molecular flexibility index (Phi) is 6.71. The van der Waals surface area contributed by atoms with E-state index in [1.807, 2.05) is 72.8 Å². The van der Waals surface area contributed by atoms with E-state index in [1.165, 1.54) is 0 Å². The summed E-state index contributed by atoms with van der Waals surface area (Å²) >= 11 is 6.89. The fourth-order valence-corrected chi connectivity index (χ4v) is 3.46. The fourth-order valence-electron chi connectivity index (χ4n) is 2.94. The molecule has 0 atom stereocenters. The lowest BCUT2D eigenvalue weighted by atomic mass is 10.1. The molecule has 0 bridgehead atoms. The molecule has 1 N–H and O–H groups in total. The van der Waals surface area contributed by atoms with E-state index in [0.29, 0.717) is 12.6 Å². The third-order valence-electron chi connectivity index (χ3n) is 4.31. The number of ether oxygens (including phenoxy) is 1. The Morgan fingerprint density at radius 1 is 0.967 bits per heavy atom. The topological polar surface area (TPSA) is 59.4 Å². The van der Waals surface area contributed by atoms with E-state index in [-0.39, 0.29) is 0 Å². The van der Waals surface area contributed by atoms with Crippen molar-refractivity contribution in [3.63, 3.8) is 0 Å². The summed E-state index contributed by atoms with van der Waals surface area (Å²) in [4.78, 5) is 9.31. The van der Waals surface area contributed by atoms with Gasteiger partial charge in [-0.3, -0.25) is 0 Å². The molecule has 0 unspecified atom stereocenters. The summed E-state index contributed by atoms with van der Waals surface area (Å²) in [7, 11) is 0. The molecule has 5 nitrogen and oxygen atoms in total. The first kappa shape index (κ1) is 20.5. The molecule has 0 amide bonds. The molecule has 1 heterocycles. The average Bonchev–Trinajstić information content (AvgIpc) is 2.79. The lowest BCUT2D eigenvalue weighted by Crippen LogP contribution is -2.00. The number of benzene rings is 3. The highest BCUT2D eigenvalue weighted by Crippen LogP contribution is 2.29. The van der Waals surface area contributed by atoms with Gasteiger partial charge in [0.05, 0.1) is 24.0 Å². The van der Waals surface area contributed by atoms with Crippen LogP contribution in [0.25, 0.3) is 22.2 Å². The van der Waals surface area contributed by atoms with E-state index in [0.717, 1.165) is 43.3 Å². The number of anilines is 1. The maximum Gasteiger partial charge on any atom is 0.244 e. The first-order valence-corrected chi connectivity index (χ1v) is 11.2. The zero-order valence-electron chi connectivity index (χ0n) is 15.9. The van der Waals surface area contributed by atoms with Gasteiger partial charge in [-0.1, -0.05) is 62.2 Å². The number of hydrogen-bond donors (Lipinski definition) is 1. The van der Waals surface area contributed by atoms with Crippen LogP contribution in [0, 0.1) is 0 Å². The highest BCUT2D eigenvalue weighted by molar-refractivity contribution is 9.10. The van der Waals surface area contributed by atoms with E-state index in [2.05, 4.69) is 47.4 Å². The van der Waals surface area contributed by atoms with Gasteiger partial charge in [0.15, 0.2) is 0 Å². The number of hydrogen-bond acceptors (Lipinski definition) is 5. The van der Waals surface area contributed by atoms with Crippen molar-refractivity contribution in [2.75, 3.05) is 17.4 Å². The standard InChI is InChI=1S/C23H18Br2N4O/c24-12-13-30-19-9-6-16(7-10-19)15-26-29-23-27-21-11-8-18(25)14-20(21)22(28-23)17-4-2-1-3-5-17/h1-11,14-15H,12-13H2,(H,27,28,29)/b26-15-. The number of halogens is 2. The van der Waals surface area contributed by atoms with Crippen LogP contribution in [0.3, 0.4) is 0 Å². The molecule has 0 saturated heterocycles. The quantitative estimate of drug-likeness (QED) is 0.175. The zero-order chi connectivity index (χ0) is 20.8. The molecule has 0 saturated carbocycles. The Morgan fingerprint density at radius 2 is 1.77 bits per heavy atom. The molecule has 0 aliphatic rings. The van der Waals surface area contributed by atoms with Gasteiger partial charge in [0, 0.05) is 20.8 Å². The second-order valence-corrected chi connectivity index (χ2v) is 8.11. The van der Waals surface area contributed by atoms with Crippen molar-refractivity contribution in [1.82, 2.24) is 9.97 Å². The summed E-state index contributed by atoms with van der Waals surface area (Å²) < 4.78 is 6.54. The second-order valence-electron chi connectivity index (χ2n) is 6.40. The lowest BCUT2D eigenvalue weighted by Gasteiger charge is -2.09. The zero-order valence-corrected chi connectivity index (χ0v) is 19.1. The van der Waals surface area contributed by atoms with Gasteiger partial charge in [-0.25, -0.2) is 15.4 Å². The van der Waals surface area contributed by atoms with Gasteiger partial charge in [0.2, 0.25) is 5.95 Å². The molecular weight excluding hydrogens is 508 g/mol. The van der Waals surface area contributed by atoms with E-state index in [9.17, 15) is 0 Å². The number of rotatable bonds is 7. The van der Waals surface area contributed by atoms with Crippen LogP contribution in [0.4, 0.5) is 5.95 Å². The van der Waals surface area contributed by atoms with Crippen LogP contribution >= 0.6 is 31.9 Å². The Morgan fingerprint density at radius 3 is 2.53 bits per heavy atom. The summed E-state index contributed by atoms with van der Waals surface area (Å²) in [5, 5.41) is 6.08. The molecule has 0 spiro atoms. The molecule has 0 aliphatic carbocycles. The number of aromatic nitrogens is 2. The number of alkyl halides is 1. The van der Waals surface area contributed by atoms with E-state index in [1.54, 1.807) is 6.21 Å². The highest BCUT2D eigenvalue weighted by atomic mass is 79.9. The van der Waals surface area contributed by atoms with Crippen LogP contribution in [0.5, 0.6) is 5.75 Å². The molecule has 0 fully saturated rings. The maximum atomic E-state index is 5.56. The van der Waals surface area contributed by atoms with Crippen molar-refractivity contribution < 1.29 is 4.74 Å². The average molecular weight is 526 g/mol. The number of nitrogens with one attached hydrogen (secondary N) is 1. The van der Waals surface area contributed by atoms with Gasteiger partial charge in [0.1, 0.15) is 5.75 Å². The van der Waals surface area contributed by atoms with Gasteiger partial charge in [-0.05, 0) is 48.0 Å². The van der Waals surface area contributed by atoms with Gasteiger partial charge in [-0.2, -0.15) is 5.10 Å². The van der Waals surface area contributed by atoms with Gasteiger partial charge >= 0.3 is 0 Å². The summed E-state index contributed by atoms with van der Waals surface area (Å²) in [5.41, 5.74) is 6.63. The van der Waals surface area contributed by atoms with Crippen LogP contribution in [-0.2, 0) is 0 Å². The number of fused-ring (bicyclic) bond motifs is 1. The Hall–Kier alpha value is -2.77. The Bertz CT molecular complexity index is 1170. The van der Waals surface area contributed by atoms with Crippen molar-refractivity contribution in [3.8, 4) is 17.0 Å². The number of nitrogens with zero attached hydrogens (tertiary/aromatic N) is 3. The first-order valence-electron chi connectivity index (χ1n) is 9.33. The Balaban J connectivity index is 1.58. The Labute approximate surface area is 191 Å². The minimum Gasteiger partial charge on any atom is -0.493 e. The normalized spacial score (nSPS) is 11.1. The second kappa shape index (κ2) is 9.82. The van der Waals surface area contributed by atoms with Gasteiger partial charge in [0.25, 0.3) is 0 Å². The monoisotopic (exact) mass is 524 g/mol. The summed E-state index contributed by atoms with van der Waals surface area (Å²) in [6, 6.07) is 23.8. The smallest absolute Gasteiger partial charge is 0.244 e. The molecular formula is C23H18Br2N4O. The van der Waals surface area contributed by atoms with Crippen LogP contribution in [-0.4, -0.2) is 28.1 Å². The van der Waals surface area contributed by atoms with Crippen molar-refractivity contribution in [2.24, 2.45) is 5.10 Å². The third-order valence-corrected chi connectivity index (χ3v) is 5.13. The van der Waals surface area contributed by atoms with Crippen molar-refractivity contribution in [3.05, 3.63) is 82.8 Å². The van der Waals surface area contributed by atoms with E-state index >= 15 is 0 Å². The predicted octanol–water partition coefficient (Wildman–Crippen LogP) is 6.28. The SMILES string of the molecule is BrCCOc1ccc(/C=N\Nc2nc(-c3ccccc3)c3cc(Br)ccc3n2)cc1. The maximum absolute atomic E-state index is 5.56. The fraction of sp³-hybridized carbons (Fsp3) is 0.0870. The van der Waals surface area contributed by atoms with Crippen LogP contribution in [0.2, 0.25) is 0 Å². The molecule has 4 rings (SSSR count). The molecule has 30 heavy (non-hydrogen) atoms. The predicted molar refractivity (Wildman–Crippen MR) is 130 cm³/mol. The van der Waals surface area contributed by atoms with Crippen molar-refractivity contribution in [1.29, 1.82) is 0 Å². The van der Waals surface area contributed by atoms with Crippen LogP contribution < -0.4 is 10.2 Å². The molecule has 1 aromatic heterocycles. The minimum absolute atomic E-state index is 0.442. The molecule has 3 aromatic carbocycles. The third kappa shape index (κ3) is 5.04. The molecule has 0 aliphatic heterocycles. The van der Waals surface area contributed by atoms with E-state index < -0.39 is 0 Å². The van der Waals surface area contributed by atoms with Crippen molar-refractivity contribution in [2.45, 2.75) is 0 Å². The number of hydrazone groups is 1. The lowest BCUT2D eigenvalue weighted by molar-refractivity contribution is 0.345. The summed E-state index contributed by atoms with van der Waals surface area (Å²) in [6.45, 7) is 0.634. The van der Waals surface area contributed by atoms with Crippen LogP contribution in [0.1, 0.15) is 5.56 Å². The van der Waals surface area contributed by atoms with E-state index in [4.69, 9.17) is 9.72 Å². The highest BCUT2D eigenvalue weighted by Gasteiger charge is 2.10. The molecule has 4 aromatic rings. The largest absolute Gasteiger partial charge is 0.493 e. The molecule has 7 heteroatoms. The first-order chi connectivity index (χ1) is 14.7. The summed E-state index contributed by atoms with van der Waals surface area (Å²) in [6.07, 6.45) is 1.73. The molecule has 150 valence electrons. The molecule has 0 radical (unpaired) electrons. The van der Waals surface area contributed by atoms with Crippen molar-refractivity contribution >= 4 is 54.9 Å². The van der Waals surface area contributed by atoms with Crippen LogP contribution in [0.15, 0.2) is 82.4 Å². The van der Waals surface area contributed by atoms with Gasteiger partial charge in [-0.15, -0.1) is 0 Å². The summed E-state index contributed by atoms with van der Waals surface area (Å²) in [5.74, 6) is 1.27. The minimum atomic E-state index is 0.442. The van der Waals surface area contributed by atoms with Gasteiger partial charge < -0.3 is 4.74 Å².